The van der Waals surface area contributed by atoms with Crippen molar-refractivity contribution in [1.29, 1.82) is 0 Å². The van der Waals surface area contributed by atoms with E-state index in [-0.39, 0.29) is 5.69 Å². The fourth-order valence-electron chi connectivity index (χ4n) is 2.10. The molecule has 0 saturated carbocycles. The molecule has 0 aliphatic carbocycles. The molecular formula is C16H15F3N2O2. The van der Waals surface area contributed by atoms with Gasteiger partial charge in [0, 0.05) is 5.69 Å². The van der Waals surface area contributed by atoms with E-state index in [2.05, 4.69) is 10.1 Å². The lowest BCUT2D eigenvalue weighted by Crippen LogP contribution is -2.08. The second kappa shape index (κ2) is 6.20. The van der Waals surface area contributed by atoms with Crippen molar-refractivity contribution < 1.29 is 22.7 Å². The van der Waals surface area contributed by atoms with E-state index in [4.69, 9.17) is 5.73 Å². The fourth-order valence-corrected chi connectivity index (χ4v) is 2.10. The minimum absolute atomic E-state index is 0.0392. The molecule has 0 radical (unpaired) electrons. The Morgan fingerprint density at radius 2 is 1.87 bits per heavy atom. The molecule has 0 atom stereocenters. The standard InChI is InChI=1S/C16H15F3N2O2/c1-9-11(15(22)23-2)4-3-5-13(9)21-14-7-6-10(8-12(14)20)16(17,18)19/h3-8,21H,20H2,1-2H3. The first kappa shape index (κ1) is 16.7. The third kappa shape index (κ3) is 3.56. The van der Waals surface area contributed by atoms with Crippen molar-refractivity contribution in [3.8, 4) is 0 Å². The van der Waals surface area contributed by atoms with Crippen LogP contribution < -0.4 is 11.1 Å². The molecule has 2 aromatic rings. The van der Waals surface area contributed by atoms with Crippen LogP contribution in [0.25, 0.3) is 0 Å². The van der Waals surface area contributed by atoms with Crippen molar-refractivity contribution in [2.24, 2.45) is 0 Å². The number of methoxy groups -OCH3 is 1. The predicted molar refractivity (Wildman–Crippen MR) is 81.7 cm³/mol. The number of hydrogen-bond acceptors (Lipinski definition) is 4. The van der Waals surface area contributed by atoms with Gasteiger partial charge < -0.3 is 15.8 Å². The Labute approximate surface area is 131 Å². The zero-order valence-corrected chi connectivity index (χ0v) is 12.5. The van der Waals surface area contributed by atoms with E-state index >= 15 is 0 Å². The number of alkyl halides is 3. The second-order valence-corrected chi connectivity index (χ2v) is 4.89. The van der Waals surface area contributed by atoms with E-state index in [9.17, 15) is 18.0 Å². The van der Waals surface area contributed by atoms with Gasteiger partial charge in [-0.2, -0.15) is 13.2 Å². The Kier molecular flexibility index (Phi) is 4.49. The highest BCUT2D eigenvalue weighted by Gasteiger charge is 2.30. The van der Waals surface area contributed by atoms with Crippen molar-refractivity contribution in [2.45, 2.75) is 13.1 Å². The number of carbonyl (C=O) groups excluding carboxylic acids is 1. The first-order valence-corrected chi connectivity index (χ1v) is 6.65. The SMILES string of the molecule is COC(=O)c1cccc(Nc2ccc(C(F)(F)F)cc2N)c1C. The minimum Gasteiger partial charge on any atom is -0.465 e. The number of nitrogen functional groups attached to an aromatic ring is 1. The van der Waals surface area contributed by atoms with Gasteiger partial charge in [0.1, 0.15) is 0 Å². The molecule has 0 aliphatic heterocycles. The molecular weight excluding hydrogens is 309 g/mol. The molecule has 2 rings (SSSR count). The number of hydrogen-bond donors (Lipinski definition) is 2. The van der Waals surface area contributed by atoms with Gasteiger partial charge in [-0.3, -0.25) is 0 Å². The Hall–Kier alpha value is -2.70. The maximum absolute atomic E-state index is 12.6. The van der Waals surface area contributed by atoms with Crippen LogP contribution in [0.4, 0.5) is 30.2 Å². The number of anilines is 3. The molecule has 0 aliphatic rings. The molecule has 2 aromatic carbocycles. The molecule has 0 amide bonds. The number of esters is 1. The van der Waals surface area contributed by atoms with Gasteiger partial charge in [-0.25, -0.2) is 4.79 Å². The van der Waals surface area contributed by atoms with Gasteiger partial charge in [0.15, 0.2) is 0 Å². The zero-order chi connectivity index (χ0) is 17.2. The number of nitrogens with one attached hydrogen (secondary N) is 1. The van der Waals surface area contributed by atoms with Crippen LogP contribution in [0.3, 0.4) is 0 Å². The number of nitrogens with two attached hydrogens (primary N) is 1. The fraction of sp³-hybridized carbons (Fsp3) is 0.188. The first-order valence-electron chi connectivity index (χ1n) is 6.65. The Balaban J connectivity index is 2.35. The van der Waals surface area contributed by atoms with Crippen LogP contribution in [0, 0.1) is 6.92 Å². The lowest BCUT2D eigenvalue weighted by molar-refractivity contribution is -0.137. The monoisotopic (exact) mass is 324 g/mol. The molecule has 0 aromatic heterocycles. The normalized spacial score (nSPS) is 11.2. The maximum Gasteiger partial charge on any atom is 0.416 e. The Morgan fingerprint density at radius 1 is 1.17 bits per heavy atom. The summed E-state index contributed by atoms with van der Waals surface area (Å²) in [5.74, 6) is -0.494. The predicted octanol–water partition coefficient (Wildman–Crippen LogP) is 4.13. The summed E-state index contributed by atoms with van der Waals surface area (Å²) in [6.45, 7) is 1.70. The summed E-state index contributed by atoms with van der Waals surface area (Å²) in [5, 5.41) is 2.94. The quantitative estimate of drug-likeness (QED) is 0.658. The molecule has 23 heavy (non-hydrogen) atoms. The molecule has 0 bridgehead atoms. The highest BCUT2D eigenvalue weighted by Crippen LogP contribution is 2.34. The lowest BCUT2D eigenvalue weighted by atomic mass is 10.1. The highest BCUT2D eigenvalue weighted by molar-refractivity contribution is 5.93. The summed E-state index contributed by atoms with van der Waals surface area (Å²) in [5.41, 5.74) is 6.68. The Morgan fingerprint density at radius 3 is 2.43 bits per heavy atom. The van der Waals surface area contributed by atoms with Crippen molar-refractivity contribution in [2.75, 3.05) is 18.2 Å². The van der Waals surface area contributed by atoms with Crippen LogP contribution in [0.1, 0.15) is 21.5 Å². The van der Waals surface area contributed by atoms with Crippen LogP contribution in [-0.2, 0) is 10.9 Å². The summed E-state index contributed by atoms with van der Waals surface area (Å²) in [6.07, 6.45) is -4.45. The molecule has 4 nitrogen and oxygen atoms in total. The van der Waals surface area contributed by atoms with E-state index in [1.54, 1.807) is 25.1 Å². The molecule has 0 saturated heterocycles. The average molecular weight is 324 g/mol. The number of rotatable bonds is 3. The van der Waals surface area contributed by atoms with Gasteiger partial charge in [0.2, 0.25) is 0 Å². The lowest BCUT2D eigenvalue weighted by Gasteiger charge is -2.15. The number of carbonyl (C=O) groups is 1. The van der Waals surface area contributed by atoms with Crippen LogP contribution in [0.5, 0.6) is 0 Å². The van der Waals surface area contributed by atoms with Crippen molar-refractivity contribution >= 4 is 23.0 Å². The van der Waals surface area contributed by atoms with Gasteiger partial charge in [0.25, 0.3) is 0 Å². The van der Waals surface area contributed by atoms with E-state index < -0.39 is 17.7 Å². The third-order valence-corrected chi connectivity index (χ3v) is 3.39. The molecule has 0 spiro atoms. The largest absolute Gasteiger partial charge is 0.465 e. The van der Waals surface area contributed by atoms with Crippen molar-refractivity contribution in [1.82, 2.24) is 0 Å². The van der Waals surface area contributed by atoms with E-state index in [0.717, 1.165) is 12.1 Å². The number of halogens is 3. The summed E-state index contributed by atoms with van der Waals surface area (Å²) < 4.78 is 42.6. The Bertz CT molecular complexity index is 743. The summed E-state index contributed by atoms with van der Waals surface area (Å²) in [7, 11) is 1.27. The van der Waals surface area contributed by atoms with Gasteiger partial charge in [-0.05, 0) is 42.8 Å². The van der Waals surface area contributed by atoms with Crippen molar-refractivity contribution in [3.05, 3.63) is 53.1 Å². The van der Waals surface area contributed by atoms with Crippen LogP contribution in [0.15, 0.2) is 36.4 Å². The maximum atomic E-state index is 12.6. The van der Waals surface area contributed by atoms with Gasteiger partial charge in [-0.15, -0.1) is 0 Å². The molecule has 7 heteroatoms. The van der Waals surface area contributed by atoms with E-state index in [1.165, 1.54) is 13.2 Å². The van der Waals surface area contributed by atoms with Crippen LogP contribution >= 0.6 is 0 Å². The molecule has 3 N–H and O–H groups in total. The molecule has 0 heterocycles. The third-order valence-electron chi connectivity index (χ3n) is 3.39. The average Bonchev–Trinajstić information content (AvgIpc) is 2.49. The van der Waals surface area contributed by atoms with Crippen LogP contribution in [-0.4, -0.2) is 13.1 Å². The van der Waals surface area contributed by atoms with Gasteiger partial charge >= 0.3 is 12.1 Å². The molecule has 0 fully saturated rings. The number of benzene rings is 2. The first-order chi connectivity index (χ1) is 10.7. The summed E-state index contributed by atoms with van der Waals surface area (Å²) >= 11 is 0. The van der Waals surface area contributed by atoms with Crippen molar-refractivity contribution in [3.63, 3.8) is 0 Å². The number of ether oxygens (including phenoxy) is 1. The van der Waals surface area contributed by atoms with Crippen LogP contribution in [0.2, 0.25) is 0 Å². The highest BCUT2D eigenvalue weighted by atomic mass is 19.4. The smallest absolute Gasteiger partial charge is 0.416 e. The summed E-state index contributed by atoms with van der Waals surface area (Å²) in [6, 6.07) is 7.99. The van der Waals surface area contributed by atoms with E-state index in [0.29, 0.717) is 22.5 Å². The molecule has 0 unspecified atom stereocenters. The summed E-state index contributed by atoms with van der Waals surface area (Å²) in [4.78, 5) is 11.7. The van der Waals surface area contributed by atoms with Gasteiger partial charge in [0.05, 0.1) is 29.6 Å². The minimum atomic E-state index is -4.45. The second-order valence-electron chi connectivity index (χ2n) is 4.89. The zero-order valence-electron chi connectivity index (χ0n) is 12.5. The van der Waals surface area contributed by atoms with E-state index in [1.807, 2.05) is 0 Å². The van der Waals surface area contributed by atoms with Gasteiger partial charge in [-0.1, -0.05) is 6.07 Å². The topological polar surface area (TPSA) is 64.3 Å². The molecule has 122 valence electrons.